The monoisotopic (exact) mass is 167 g/mol. The van der Waals surface area contributed by atoms with Gasteiger partial charge in [0.2, 0.25) is 0 Å². The van der Waals surface area contributed by atoms with Gasteiger partial charge in [-0.15, -0.1) is 0 Å². The Morgan fingerprint density at radius 1 is 1.17 bits per heavy atom. The van der Waals surface area contributed by atoms with Crippen molar-refractivity contribution in [3.8, 4) is 0 Å². The molecule has 1 heterocycles. The van der Waals surface area contributed by atoms with Crippen LogP contribution in [-0.2, 0) is 0 Å². The summed E-state index contributed by atoms with van der Waals surface area (Å²) in [5.41, 5.74) is 0.644. The standard InChI is InChI=1S/C11H21N/c1-8(2)11(3)9-4-5-10(11)7-12-6-9/h8-10,12H,4-7H2,1-3H3. The zero-order valence-electron chi connectivity index (χ0n) is 8.56. The van der Waals surface area contributed by atoms with Crippen molar-refractivity contribution in [2.45, 2.75) is 33.6 Å². The highest BCUT2D eigenvalue weighted by atomic mass is 14.9. The van der Waals surface area contributed by atoms with Crippen molar-refractivity contribution in [3.05, 3.63) is 0 Å². The molecule has 2 unspecified atom stereocenters. The lowest BCUT2D eigenvalue weighted by Crippen LogP contribution is -2.48. The van der Waals surface area contributed by atoms with Gasteiger partial charge in [0.15, 0.2) is 0 Å². The number of rotatable bonds is 1. The molecule has 12 heavy (non-hydrogen) atoms. The summed E-state index contributed by atoms with van der Waals surface area (Å²) < 4.78 is 0. The van der Waals surface area contributed by atoms with Crippen LogP contribution in [0.5, 0.6) is 0 Å². The van der Waals surface area contributed by atoms with Gasteiger partial charge in [-0.25, -0.2) is 0 Å². The minimum atomic E-state index is 0.644. The van der Waals surface area contributed by atoms with E-state index in [-0.39, 0.29) is 0 Å². The topological polar surface area (TPSA) is 12.0 Å². The van der Waals surface area contributed by atoms with Gasteiger partial charge in [0.1, 0.15) is 0 Å². The predicted molar refractivity (Wildman–Crippen MR) is 52.0 cm³/mol. The molecule has 70 valence electrons. The van der Waals surface area contributed by atoms with Crippen molar-refractivity contribution in [2.24, 2.45) is 23.2 Å². The molecule has 1 aliphatic carbocycles. The van der Waals surface area contributed by atoms with E-state index in [1.165, 1.54) is 25.9 Å². The maximum Gasteiger partial charge on any atom is -0.00150 e. The van der Waals surface area contributed by atoms with E-state index in [9.17, 15) is 0 Å². The molecular weight excluding hydrogens is 146 g/mol. The summed E-state index contributed by atoms with van der Waals surface area (Å²) in [7, 11) is 0. The average molecular weight is 167 g/mol. The highest BCUT2D eigenvalue weighted by Gasteiger charge is 2.49. The van der Waals surface area contributed by atoms with E-state index in [2.05, 4.69) is 26.1 Å². The maximum absolute atomic E-state index is 3.56. The van der Waals surface area contributed by atoms with Crippen LogP contribution in [0.15, 0.2) is 0 Å². The second-order valence-corrected chi connectivity index (χ2v) is 5.15. The highest BCUT2D eigenvalue weighted by molar-refractivity contribution is 5.01. The van der Waals surface area contributed by atoms with Gasteiger partial charge in [-0.1, -0.05) is 20.8 Å². The summed E-state index contributed by atoms with van der Waals surface area (Å²) in [5.74, 6) is 2.77. The lowest BCUT2D eigenvalue weighted by Gasteiger charge is -2.44. The molecule has 1 N–H and O–H groups in total. The number of piperidine rings is 1. The maximum atomic E-state index is 3.56. The number of fused-ring (bicyclic) bond motifs is 2. The molecule has 2 rings (SSSR count). The van der Waals surface area contributed by atoms with Crippen LogP contribution in [0.4, 0.5) is 0 Å². The molecule has 0 aromatic carbocycles. The molecule has 2 bridgehead atoms. The van der Waals surface area contributed by atoms with E-state index in [0.717, 1.165) is 17.8 Å². The van der Waals surface area contributed by atoms with Gasteiger partial charge in [0, 0.05) is 0 Å². The Morgan fingerprint density at radius 2 is 1.67 bits per heavy atom. The van der Waals surface area contributed by atoms with Crippen molar-refractivity contribution in [1.29, 1.82) is 0 Å². The second-order valence-electron chi connectivity index (χ2n) is 5.15. The minimum absolute atomic E-state index is 0.644. The van der Waals surface area contributed by atoms with Gasteiger partial charge >= 0.3 is 0 Å². The molecule has 0 radical (unpaired) electrons. The van der Waals surface area contributed by atoms with Crippen molar-refractivity contribution in [2.75, 3.05) is 13.1 Å². The van der Waals surface area contributed by atoms with Gasteiger partial charge in [-0.05, 0) is 49.1 Å². The van der Waals surface area contributed by atoms with Crippen LogP contribution in [0.3, 0.4) is 0 Å². The Bertz CT molecular complexity index is 158. The first-order valence-corrected chi connectivity index (χ1v) is 5.36. The minimum Gasteiger partial charge on any atom is -0.316 e. The molecule has 0 amide bonds. The van der Waals surface area contributed by atoms with Crippen molar-refractivity contribution >= 4 is 0 Å². The molecule has 0 spiro atoms. The Balaban J connectivity index is 2.24. The predicted octanol–water partition coefficient (Wildman–Crippen LogP) is 2.28. The first kappa shape index (κ1) is 8.55. The van der Waals surface area contributed by atoms with Gasteiger partial charge < -0.3 is 5.32 Å². The van der Waals surface area contributed by atoms with Gasteiger partial charge in [-0.3, -0.25) is 0 Å². The molecule has 1 aliphatic heterocycles. The number of hydrogen-bond acceptors (Lipinski definition) is 1. The largest absolute Gasteiger partial charge is 0.316 e. The fourth-order valence-electron chi connectivity index (χ4n) is 3.38. The molecular formula is C11H21N. The van der Waals surface area contributed by atoms with Crippen LogP contribution in [0.2, 0.25) is 0 Å². The zero-order valence-corrected chi connectivity index (χ0v) is 8.56. The van der Waals surface area contributed by atoms with Crippen LogP contribution in [0, 0.1) is 23.2 Å². The summed E-state index contributed by atoms with van der Waals surface area (Å²) in [6, 6.07) is 0. The highest BCUT2D eigenvalue weighted by Crippen LogP contribution is 2.53. The van der Waals surface area contributed by atoms with Gasteiger partial charge in [0.25, 0.3) is 0 Å². The summed E-state index contributed by atoms with van der Waals surface area (Å²) in [5, 5.41) is 3.56. The Hall–Kier alpha value is -0.0400. The Kier molecular flexibility index (Phi) is 1.95. The van der Waals surface area contributed by atoms with Crippen LogP contribution in [0.1, 0.15) is 33.6 Å². The molecule has 2 atom stereocenters. The number of nitrogens with one attached hydrogen (secondary N) is 1. The average Bonchev–Trinajstić information content (AvgIpc) is 2.24. The zero-order chi connectivity index (χ0) is 8.77. The van der Waals surface area contributed by atoms with E-state index >= 15 is 0 Å². The van der Waals surface area contributed by atoms with Crippen LogP contribution in [0.25, 0.3) is 0 Å². The molecule has 1 saturated carbocycles. The fraction of sp³-hybridized carbons (Fsp3) is 1.00. The third kappa shape index (κ3) is 0.953. The summed E-state index contributed by atoms with van der Waals surface area (Å²) in [4.78, 5) is 0. The summed E-state index contributed by atoms with van der Waals surface area (Å²) in [6.07, 6.45) is 2.93. The normalized spacial score (nSPS) is 47.0. The first-order valence-electron chi connectivity index (χ1n) is 5.36. The Labute approximate surface area is 75.9 Å². The fourth-order valence-corrected chi connectivity index (χ4v) is 3.38. The van der Waals surface area contributed by atoms with Gasteiger partial charge in [0.05, 0.1) is 0 Å². The Morgan fingerprint density at radius 3 is 2.00 bits per heavy atom. The van der Waals surface area contributed by atoms with E-state index < -0.39 is 0 Å². The first-order chi connectivity index (χ1) is 5.65. The third-order valence-electron chi connectivity index (χ3n) is 4.65. The lowest BCUT2D eigenvalue weighted by molar-refractivity contribution is 0.0600. The molecule has 2 aliphatic rings. The molecule has 2 fully saturated rings. The van der Waals surface area contributed by atoms with Crippen molar-refractivity contribution < 1.29 is 0 Å². The smallest absolute Gasteiger partial charge is 0.00150 e. The summed E-state index contributed by atoms with van der Waals surface area (Å²) in [6.45, 7) is 9.85. The van der Waals surface area contributed by atoms with Crippen molar-refractivity contribution in [1.82, 2.24) is 5.32 Å². The molecule has 0 aromatic heterocycles. The molecule has 1 saturated heterocycles. The van der Waals surface area contributed by atoms with E-state index in [0.29, 0.717) is 5.41 Å². The van der Waals surface area contributed by atoms with E-state index in [1.54, 1.807) is 0 Å². The van der Waals surface area contributed by atoms with Crippen LogP contribution < -0.4 is 5.32 Å². The second kappa shape index (κ2) is 2.73. The molecule has 0 aromatic rings. The molecule has 1 heteroatoms. The lowest BCUT2D eigenvalue weighted by atomic mass is 9.64. The SMILES string of the molecule is CC(C)C1(C)C2CCC1CNC2. The van der Waals surface area contributed by atoms with E-state index in [4.69, 9.17) is 0 Å². The summed E-state index contributed by atoms with van der Waals surface area (Å²) >= 11 is 0. The van der Waals surface area contributed by atoms with Crippen molar-refractivity contribution in [3.63, 3.8) is 0 Å². The van der Waals surface area contributed by atoms with E-state index in [1.807, 2.05) is 0 Å². The van der Waals surface area contributed by atoms with Gasteiger partial charge in [-0.2, -0.15) is 0 Å². The van der Waals surface area contributed by atoms with Crippen LogP contribution >= 0.6 is 0 Å². The molecule has 1 nitrogen and oxygen atoms in total. The third-order valence-corrected chi connectivity index (χ3v) is 4.65. The quantitative estimate of drug-likeness (QED) is 0.632. The number of hydrogen-bond donors (Lipinski definition) is 1. The van der Waals surface area contributed by atoms with Crippen LogP contribution in [-0.4, -0.2) is 13.1 Å².